The van der Waals surface area contributed by atoms with E-state index in [-0.39, 0.29) is 0 Å². The Balaban J connectivity index is 3.18. The van der Waals surface area contributed by atoms with Crippen molar-refractivity contribution >= 4 is 11.8 Å². The van der Waals surface area contributed by atoms with Crippen molar-refractivity contribution in [3.05, 3.63) is 0 Å². The summed E-state index contributed by atoms with van der Waals surface area (Å²) < 4.78 is 5.02. The van der Waals surface area contributed by atoms with Crippen LogP contribution in [0.15, 0.2) is 0 Å². The molecule has 0 saturated heterocycles. The molecule has 2 unspecified atom stereocenters. The number of nitrogens with one attached hydrogen (secondary N) is 1. The van der Waals surface area contributed by atoms with Crippen LogP contribution >= 0.6 is 11.8 Å². The van der Waals surface area contributed by atoms with Gasteiger partial charge in [0, 0.05) is 18.4 Å². The molecule has 12 heavy (non-hydrogen) atoms. The highest BCUT2D eigenvalue weighted by Gasteiger charge is 2.01. The van der Waals surface area contributed by atoms with Crippen molar-refractivity contribution in [2.75, 3.05) is 26.5 Å². The van der Waals surface area contributed by atoms with Crippen LogP contribution in [0.25, 0.3) is 0 Å². The van der Waals surface area contributed by atoms with E-state index in [1.54, 1.807) is 7.11 Å². The monoisotopic (exact) mass is 191 g/mol. The summed E-state index contributed by atoms with van der Waals surface area (Å²) >= 11 is 1.92. The number of methoxy groups -OCH3 is 1. The standard InChI is InChI=1S/C9H21NOS/c1-8(7-11-3)10-6-5-9(2)12-4/h8-10H,5-7H2,1-4H3. The molecule has 0 aliphatic heterocycles. The third-order valence-electron chi connectivity index (χ3n) is 1.86. The molecule has 0 rings (SSSR count). The van der Waals surface area contributed by atoms with Gasteiger partial charge >= 0.3 is 0 Å². The Bertz CT molecular complexity index is 101. The van der Waals surface area contributed by atoms with Crippen LogP contribution in [0.4, 0.5) is 0 Å². The van der Waals surface area contributed by atoms with Crippen LogP contribution in [0.3, 0.4) is 0 Å². The molecule has 0 bridgehead atoms. The lowest BCUT2D eigenvalue weighted by Gasteiger charge is -2.14. The Hall–Kier alpha value is 0.270. The molecular formula is C9H21NOS. The summed E-state index contributed by atoms with van der Waals surface area (Å²) in [6.45, 7) is 6.29. The molecule has 0 fully saturated rings. The summed E-state index contributed by atoms with van der Waals surface area (Å²) in [6, 6.07) is 0.476. The lowest BCUT2D eigenvalue weighted by molar-refractivity contribution is 0.172. The van der Waals surface area contributed by atoms with Crippen molar-refractivity contribution in [2.45, 2.75) is 31.6 Å². The fraction of sp³-hybridized carbons (Fsp3) is 1.00. The number of hydrogen-bond donors (Lipinski definition) is 1. The van der Waals surface area contributed by atoms with E-state index in [9.17, 15) is 0 Å². The molecule has 0 aromatic carbocycles. The van der Waals surface area contributed by atoms with Crippen LogP contribution in [0.5, 0.6) is 0 Å². The molecule has 0 spiro atoms. The summed E-state index contributed by atoms with van der Waals surface area (Å²) in [4.78, 5) is 0. The molecule has 2 nitrogen and oxygen atoms in total. The van der Waals surface area contributed by atoms with Crippen LogP contribution in [0.2, 0.25) is 0 Å². The first-order valence-corrected chi connectivity index (χ1v) is 5.74. The minimum absolute atomic E-state index is 0.476. The minimum Gasteiger partial charge on any atom is -0.383 e. The minimum atomic E-state index is 0.476. The van der Waals surface area contributed by atoms with Gasteiger partial charge in [-0.05, 0) is 26.1 Å². The molecule has 0 amide bonds. The largest absolute Gasteiger partial charge is 0.383 e. The van der Waals surface area contributed by atoms with E-state index in [0.29, 0.717) is 6.04 Å². The van der Waals surface area contributed by atoms with Crippen LogP contribution in [-0.2, 0) is 4.74 Å². The smallest absolute Gasteiger partial charge is 0.0613 e. The molecule has 0 aliphatic rings. The Kier molecular flexibility index (Phi) is 8.07. The maximum absolute atomic E-state index is 5.02. The van der Waals surface area contributed by atoms with Gasteiger partial charge in [-0.2, -0.15) is 11.8 Å². The second kappa shape index (κ2) is 7.90. The van der Waals surface area contributed by atoms with Crippen molar-refractivity contribution in [3.63, 3.8) is 0 Å². The van der Waals surface area contributed by atoms with Gasteiger partial charge < -0.3 is 10.1 Å². The van der Waals surface area contributed by atoms with E-state index in [4.69, 9.17) is 4.74 Å². The van der Waals surface area contributed by atoms with E-state index in [1.807, 2.05) is 11.8 Å². The van der Waals surface area contributed by atoms with Crippen molar-refractivity contribution in [1.29, 1.82) is 0 Å². The fourth-order valence-electron chi connectivity index (χ4n) is 0.960. The lowest BCUT2D eigenvalue weighted by atomic mass is 10.3. The number of thioether (sulfide) groups is 1. The Morgan fingerprint density at radius 1 is 1.42 bits per heavy atom. The number of rotatable bonds is 7. The van der Waals surface area contributed by atoms with E-state index < -0.39 is 0 Å². The molecular weight excluding hydrogens is 170 g/mol. The van der Waals surface area contributed by atoms with Gasteiger partial charge in [0.15, 0.2) is 0 Å². The maximum atomic E-state index is 5.02. The molecule has 0 heterocycles. The number of ether oxygens (including phenoxy) is 1. The van der Waals surface area contributed by atoms with Gasteiger partial charge in [0.2, 0.25) is 0 Å². The average Bonchev–Trinajstić information content (AvgIpc) is 2.04. The summed E-state index contributed by atoms with van der Waals surface area (Å²) in [5.74, 6) is 0. The second-order valence-electron chi connectivity index (χ2n) is 3.15. The predicted octanol–water partition coefficient (Wildman–Crippen LogP) is 1.75. The van der Waals surface area contributed by atoms with Crippen molar-refractivity contribution in [3.8, 4) is 0 Å². The highest BCUT2D eigenvalue weighted by molar-refractivity contribution is 7.99. The van der Waals surface area contributed by atoms with Gasteiger partial charge in [-0.1, -0.05) is 6.92 Å². The summed E-state index contributed by atoms with van der Waals surface area (Å²) in [5.41, 5.74) is 0. The van der Waals surface area contributed by atoms with Crippen molar-refractivity contribution < 1.29 is 4.74 Å². The average molecular weight is 191 g/mol. The molecule has 0 aliphatic carbocycles. The molecule has 0 radical (unpaired) electrons. The van der Waals surface area contributed by atoms with E-state index >= 15 is 0 Å². The van der Waals surface area contributed by atoms with Crippen molar-refractivity contribution in [1.82, 2.24) is 5.32 Å². The molecule has 2 atom stereocenters. The first kappa shape index (κ1) is 12.3. The predicted molar refractivity (Wildman–Crippen MR) is 56.9 cm³/mol. The van der Waals surface area contributed by atoms with Crippen LogP contribution in [0, 0.1) is 0 Å². The van der Waals surface area contributed by atoms with E-state index in [0.717, 1.165) is 18.4 Å². The zero-order valence-corrected chi connectivity index (χ0v) is 9.41. The highest BCUT2D eigenvalue weighted by atomic mass is 32.2. The van der Waals surface area contributed by atoms with Crippen LogP contribution in [0.1, 0.15) is 20.3 Å². The van der Waals surface area contributed by atoms with Gasteiger partial charge in [-0.25, -0.2) is 0 Å². The van der Waals surface area contributed by atoms with E-state index in [2.05, 4.69) is 25.4 Å². The lowest BCUT2D eigenvalue weighted by Crippen LogP contribution is -2.31. The highest BCUT2D eigenvalue weighted by Crippen LogP contribution is 2.07. The van der Waals surface area contributed by atoms with Crippen molar-refractivity contribution in [2.24, 2.45) is 0 Å². The van der Waals surface area contributed by atoms with Gasteiger partial charge in [0.05, 0.1) is 6.61 Å². The summed E-state index contributed by atoms with van der Waals surface area (Å²) in [6.07, 6.45) is 3.39. The second-order valence-corrected chi connectivity index (χ2v) is 4.42. The molecule has 0 aromatic heterocycles. The summed E-state index contributed by atoms with van der Waals surface area (Å²) in [5, 5.41) is 4.17. The number of hydrogen-bond acceptors (Lipinski definition) is 3. The third-order valence-corrected chi connectivity index (χ3v) is 2.90. The van der Waals surface area contributed by atoms with Gasteiger partial charge in [-0.15, -0.1) is 0 Å². The SMILES string of the molecule is COCC(C)NCCC(C)SC. The first-order chi connectivity index (χ1) is 5.70. The summed E-state index contributed by atoms with van der Waals surface area (Å²) in [7, 11) is 1.74. The van der Waals surface area contributed by atoms with Gasteiger partial charge in [0.25, 0.3) is 0 Å². The topological polar surface area (TPSA) is 21.3 Å². The fourth-order valence-corrected chi connectivity index (χ4v) is 1.31. The molecule has 0 saturated carbocycles. The van der Waals surface area contributed by atoms with Crippen LogP contribution < -0.4 is 5.32 Å². The normalized spacial score (nSPS) is 16.0. The zero-order chi connectivity index (χ0) is 9.40. The quantitative estimate of drug-likeness (QED) is 0.662. The Morgan fingerprint density at radius 3 is 2.58 bits per heavy atom. The molecule has 74 valence electrons. The zero-order valence-electron chi connectivity index (χ0n) is 8.59. The first-order valence-electron chi connectivity index (χ1n) is 4.45. The Labute approximate surface area is 80.4 Å². The molecule has 1 N–H and O–H groups in total. The third kappa shape index (κ3) is 6.95. The van der Waals surface area contributed by atoms with Gasteiger partial charge in [-0.3, -0.25) is 0 Å². The van der Waals surface area contributed by atoms with Crippen LogP contribution in [-0.4, -0.2) is 37.8 Å². The maximum Gasteiger partial charge on any atom is 0.0613 e. The van der Waals surface area contributed by atoms with Gasteiger partial charge in [0.1, 0.15) is 0 Å². The Morgan fingerprint density at radius 2 is 2.08 bits per heavy atom. The molecule has 3 heteroatoms. The van der Waals surface area contributed by atoms with E-state index in [1.165, 1.54) is 6.42 Å². The molecule has 0 aromatic rings.